The number of methoxy groups -OCH3 is 1. The average molecular weight is 465 g/mol. The van der Waals surface area contributed by atoms with E-state index in [1.807, 2.05) is 6.07 Å². The highest BCUT2D eigenvalue weighted by Crippen LogP contribution is 2.32. The Balaban J connectivity index is 1.65. The Morgan fingerprint density at radius 3 is 2.26 bits per heavy atom. The van der Waals surface area contributed by atoms with E-state index in [1.165, 1.54) is 35.2 Å². The number of hydrogen-bond acceptors (Lipinski definition) is 5. The van der Waals surface area contributed by atoms with Gasteiger partial charge in [0.15, 0.2) is 0 Å². The van der Waals surface area contributed by atoms with Crippen LogP contribution in [-0.2, 0) is 32.9 Å². The molecule has 0 spiro atoms. The number of nitrogens with zero attached hydrogens (tertiary/aromatic N) is 1. The van der Waals surface area contributed by atoms with E-state index in [2.05, 4.69) is 4.72 Å². The highest BCUT2D eigenvalue weighted by atomic mass is 32.2. The van der Waals surface area contributed by atoms with Gasteiger partial charge >= 0.3 is 0 Å². The Kier molecular flexibility index (Phi) is 6.27. The van der Waals surface area contributed by atoms with E-state index in [0.29, 0.717) is 13.1 Å². The molecule has 0 saturated carbocycles. The normalized spacial score (nSPS) is 17.7. The minimum absolute atomic E-state index is 0.0254. The third-order valence-electron chi connectivity index (χ3n) is 5.98. The molecule has 1 aliphatic heterocycles. The van der Waals surface area contributed by atoms with Crippen molar-refractivity contribution >= 4 is 25.7 Å². The molecule has 0 unspecified atom stereocenters. The maximum absolute atomic E-state index is 13.2. The average Bonchev–Trinajstić information content (AvgIpc) is 2.79. The second-order valence-corrected chi connectivity index (χ2v) is 11.7. The zero-order valence-corrected chi connectivity index (χ0v) is 19.3. The summed E-state index contributed by atoms with van der Waals surface area (Å²) in [6.45, 7) is 0.910. The Bertz CT molecular complexity index is 1170. The number of ether oxygens (including phenoxy) is 1. The summed E-state index contributed by atoms with van der Waals surface area (Å²) < 4.78 is 61.6. The van der Waals surface area contributed by atoms with E-state index in [9.17, 15) is 16.8 Å². The molecule has 0 aromatic heterocycles. The van der Waals surface area contributed by atoms with E-state index >= 15 is 0 Å². The number of aryl methyl sites for hydroxylation is 2. The summed E-state index contributed by atoms with van der Waals surface area (Å²) in [5, 5.41) is 0. The lowest BCUT2D eigenvalue weighted by Crippen LogP contribution is -2.35. The molecular formula is C22H28N2O5S2. The molecule has 2 aromatic rings. The molecule has 9 heteroatoms. The molecule has 7 nitrogen and oxygen atoms in total. The van der Waals surface area contributed by atoms with E-state index in [-0.39, 0.29) is 21.2 Å². The fourth-order valence-electron chi connectivity index (χ4n) is 4.28. The predicted octanol–water partition coefficient (Wildman–Crippen LogP) is 3.55. The van der Waals surface area contributed by atoms with E-state index in [1.54, 1.807) is 12.1 Å². The summed E-state index contributed by atoms with van der Waals surface area (Å²) in [5.41, 5.74) is 2.45. The van der Waals surface area contributed by atoms with Gasteiger partial charge in [0.05, 0.1) is 17.7 Å². The number of rotatable bonds is 6. The predicted molar refractivity (Wildman–Crippen MR) is 119 cm³/mol. The van der Waals surface area contributed by atoms with E-state index in [0.717, 1.165) is 50.5 Å². The van der Waals surface area contributed by atoms with Crippen LogP contribution in [0.25, 0.3) is 0 Å². The summed E-state index contributed by atoms with van der Waals surface area (Å²) in [6, 6.07) is 9.57. The molecule has 2 aromatic carbocycles. The summed E-state index contributed by atoms with van der Waals surface area (Å²) in [4.78, 5) is 0.159. The minimum Gasteiger partial charge on any atom is -0.495 e. The maximum Gasteiger partial charge on any atom is 0.261 e. The monoisotopic (exact) mass is 464 g/mol. The highest BCUT2D eigenvalue weighted by Gasteiger charge is 2.29. The smallest absolute Gasteiger partial charge is 0.261 e. The summed E-state index contributed by atoms with van der Waals surface area (Å²) >= 11 is 0. The zero-order chi connectivity index (χ0) is 22.1. The van der Waals surface area contributed by atoms with Gasteiger partial charge in [-0.15, -0.1) is 0 Å². The van der Waals surface area contributed by atoms with Crippen LogP contribution in [0.2, 0.25) is 0 Å². The first kappa shape index (κ1) is 22.1. The first-order valence-electron chi connectivity index (χ1n) is 10.6. The summed E-state index contributed by atoms with van der Waals surface area (Å²) in [5.74, 6) is 0.197. The Labute approximate surface area is 184 Å². The molecule has 0 amide bonds. The number of hydrogen-bond donors (Lipinski definition) is 1. The number of sulfonamides is 2. The highest BCUT2D eigenvalue weighted by molar-refractivity contribution is 7.92. The molecule has 31 heavy (non-hydrogen) atoms. The SMILES string of the molecule is COc1ccc(NS(=O)(=O)c2ccc3c(c2)CCCC3)cc1S(=O)(=O)N1CCCCC1. The van der Waals surface area contributed by atoms with Gasteiger partial charge in [-0.05, 0) is 80.0 Å². The molecule has 1 fully saturated rings. The van der Waals surface area contributed by atoms with E-state index < -0.39 is 20.0 Å². The largest absolute Gasteiger partial charge is 0.495 e. The van der Waals surface area contributed by atoms with Crippen molar-refractivity contribution in [2.75, 3.05) is 24.9 Å². The standard InChI is InChI=1S/C22H28N2O5S2/c1-29-21-12-10-19(16-22(21)31(27,28)24-13-5-2-6-14-24)23-30(25,26)20-11-9-17-7-3-4-8-18(17)15-20/h9-12,15-16,23H,2-8,13-14H2,1H3. The third kappa shape index (κ3) is 4.58. The first-order chi connectivity index (χ1) is 14.8. The van der Waals surface area contributed by atoms with Crippen LogP contribution < -0.4 is 9.46 Å². The van der Waals surface area contributed by atoms with Gasteiger partial charge in [0.25, 0.3) is 10.0 Å². The zero-order valence-electron chi connectivity index (χ0n) is 17.6. The van der Waals surface area contributed by atoms with Gasteiger partial charge in [-0.25, -0.2) is 16.8 Å². The molecule has 4 rings (SSSR count). The van der Waals surface area contributed by atoms with Crippen molar-refractivity contribution in [2.24, 2.45) is 0 Å². The van der Waals surface area contributed by atoms with Crippen LogP contribution in [-0.4, -0.2) is 41.3 Å². The fraction of sp³-hybridized carbons (Fsp3) is 0.455. The van der Waals surface area contributed by atoms with Gasteiger partial charge in [0, 0.05) is 13.1 Å². The number of benzene rings is 2. The van der Waals surface area contributed by atoms with Crippen LogP contribution in [0.3, 0.4) is 0 Å². The van der Waals surface area contributed by atoms with Crippen molar-refractivity contribution in [3.63, 3.8) is 0 Å². The molecular weight excluding hydrogens is 436 g/mol. The third-order valence-corrected chi connectivity index (χ3v) is 9.28. The lowest BCUT2D eigenvalue weighted by Gasteiger charge is -2.26. The lowest BCUT2D eigenvalue weighted by molar-refractivity contribution is 0.343. The molecule has 1 saturated heterocycles. The van der Waals surface area contributed by atoms with Crippen LogP contribution >= 0.6 is 0 Å². The quantitative estimate of drug-likeness (QED) is 0.706. The van der Waals surface area contributed by atoms with Crippen molar-refractivity contribution in [3.05, 3.63) is 47.5 Å². The van der Waals surface area contributed by atoms with Gasteiger partial charge in [-0.3, -0.25) is 4.72 Å². The topological polar surface area (TPSA) is 92.8 Å². The Morgan fingerprint density at radius 1 is 0.839 bits per heavy atom. The molecule has 0 atom stereocenters. The molecule has 1 heterocycles. The second-order valence-electron chi connectivity index (χ2n) is 8.07. The molecule has 1 N–H and O–H groups in total. The number of fused-ring (bicyclic) bond motifs is 1. The van der Waals surface area contributed by atoms with Gasteiger partial charge in [-0.1, -0.05) is 12.5 Å². The van der Waals surface area contributed by atoms with Gasteiger partial charge in [0.1, 0.15) is 10.6 Å². The van der Waals surface area contributed by atoms with Crippen LogP contribution in [0.15, 0.2) is 46.2 Å². The van der Waals surface area contributed by atoms with Crippen molar-refractivity contribution < 1.29 is 21.6 Å². The van der Waals surface area contributed by atoms with Crippen LogP contribution in [0.4, 0.5) is 5.69 Å². The summed E-state index contributed by atoms with van der Waals surface area (Å²) in [7, 11) is -6.23. The van der Waals surface area contributed by atoms with Crippen LogP contribution in [0.5, 0.6) is 5.75 Å². The number of anilines is 1. The van der Waals surface area contributed by atoms with Gasteiger partial charge in [-0.2, -0.15) is 4.31 Å². The number of nitrogens with one attached hydrogen (secondary N) is 1. The fourth-order valence-corrected chi connectivity index (χ4v) is 7.08. The molecule has 1 aliphatic carbocycles. The minimum atomic E-state index is -3.85. The maximum atomic E-state index is 13.2. The van der Waals surface area contributed by atoms with Crippen molar-refractivity contribution in [2.45, 2.75) is 54.7 Å². The molecule has 168 valence electrons. The molecule has 2 aliphatic rings. The number of piperidine rings is 1. The lowest BCUT2D eigenvalue weighted by atomic mass is 9.92. The van der Waals surface area contributed by atoms with Crippen LogP contribution in [0, 0.1) is 0 Å². The van der Waals surface area contributed by atoms with Crippen molar-refractivity contribution in [1.82, 2.24) is 4.31 Å². The van der Waals surface area contributed by atoms with Crippen molar-refractivity contribution in [3.8, 4) is 5.75 Å². The second kappa shape index (κ2) is 8.80. The molecule has 0 radical (unpaired) electrons. The van der Waals surface area contributed by atoms with Crippen molar-refractivity contribution in [1.29, 1.82) is 0 Å². The first-order valence-corrected chi connectivity index (χ1v) is 13.6. The van der Waals surface area contributed by atoms with Crippen LogP contribution in [0.1, 0.15) is 43.2 Å². The Morgan fingerprint density at radius 2 is 1.55 bits per heavy atom. The van der Waals surface area contributed by atoms with E-state index in [4.69, 9.17) is 4.74 Å². The van der Waals surface area contributed by atoms with Gasteiger partial charge < -0.3 is 4.74 Å². The summed E-state index contributed by atoms with van der Waals surface area (Å²) in [6.07, 6.45) is 6.65. The Hall–Kier alpha value is -2.10. The molecule has 0 bridgehead atoms. The van der Waals surface area contributed by atoms with Gasteiger partial charge in [0.2, 0.25) is 10.0 Å².